The number of unbranched alkanes of at least 4 members (excludes halogenated alkanes) is 1. The van der Waals surface area contributed by atoms with Gasteiger partial charge in [-0.25, -0.2) is 0 Å². The average molecular weight is 331 g/mol. The zero-order chi connectivity index (χ0) is 16.3. The van der Waals surface area contributed by atoms with Crippen LogP contribution in [0.4, 0.5) is 0 Å². The van der Waals surface area contributed by atoms with Crippen LogP contribution in [0.2, 0.25) is 0 Å². The normalized spacial score (nSPS) is 13.4. The molecule has 0 aliphatic heterocycles. The lowest BCUT2D eigenvalue weighted by Gasteiger charge is -2.21. The van der Waals surface area contributed by atoms with E-state index in [0.29, 0.717) is 12.5 Å². The summed E-state index contributed by atoms with van der Waals surface area (Å²) in [6, 6.07) is 0. The van der Waals surface area contributed by atoms with Crippen LogP contribution in [0.15, 0.2) is 0 Å². The van der Waals surface area contributed by atoms with E-state index in [1.807, 2.05) is 21.6 Å². The minimum absolute atomic E-state index is 0.267. The zero-order valence-corrected chi connectivity index (χ0v) is 16.6. The second-order valence-corrected chi connectivity index (χ2v) is 10.4. The van der Waals surface area contributed by atoms with Gasteiger partial charge < -0.3 is 4.74 Å². The fourth-order valence-corrected chi connectivity index (χ4v) is 4.03. The van der Waals surface area contributed by atoms with E-state index in [1.165, 1.54) is 19.3 Å². The summed E-state index contributed by atoms with van der Waals surface area (Å²) in [5.41, 5.74) is 0.267. The summed E-state index contributed by atoms with van der Waals surface area (Å²) < 4.78 is 6.24. The fraction of sp³-hybridized carbons (Fsp3) is 0.889. The van der Waals surface area contributed by atoms with Crippen LogP contribution < -0.4 is 0 Å². The molecule has 21 heavy (non-hydrogen) atoms. The van der Waals surface area contributed by atoms with Crippen molar-refractivity contribution in [2.24, 2.45) is 11.8 Å². The Labute approximate surface area is 141 Å². The Hall–Kier alpha value is 0.220. The highest BCUT2D eigenvalue weighted by molar-refractivity contribution is 8.77. The van der Waals surface area contributed by atoms with E-state index in [0.717, 1.165) is 12.3 Å². The zero-order valence-electron chi connectivity index (χ0n) is 15.0. The van der Waals surface area contributed by atoms with Crippen LogP contribution in [-0.4, -0.2) is 16.8 Å². The van der Waals surface area contributed by atoms with Crippen molar-refractivity contribution in [2.45, 2.75) is 84.3 Å². The lowest BCUT2D eigenvalue weighted by Crippen LogP contribution is -2.12. The molecule has 1 atom stereocenters. The summed E-state index contributed by atoms with van der Waals surface area (Å²) >= 11 is 0. The molecule has 0 unspecified atom stereocenters. The molecule has 0 aromatic rings. The molecule has 0 fully saturated rings. The highest BCUT2D eigenvalue weighted by Crippen LogP contribution is 2.39. The fourth-order valence-electron chi connectivity index (χ4n) is 1.60. The van der Waals surface area contributed by atoms with Gasteiger partial charge in [-0.15, -0.1) is 0 Å². The molecule has 0 bridgehead atoms. The lowest BCUT2D eigenvalue weighted by molar-refractivity contribution is 0.135. The minimum atomic E-state index is 0.267. The van der Waals surface area contributed by atoms with Crippen LogP contribution in [0.5, 0.6) is 0 Å². The third-order valence-electron chi connectivity index (χ3n) is 2.61. The Balaban J connectivity index is 4.12. The molecule has 124 valence electrons. The number of hydrogen-bond donors (Lipinski definition) is 0. The monoisotopic (exact) mass is 330 g/mol. The number of ether oxygens (including phenoxy) is 1. The molecule has 0 aromatic carbocycles. The molecule has 1 nitrogen and oxygen atoms in total. The van der Waals surface area contributed by atoms with Gasteiger partial charge in [0.1, 0.15) is 12.0 Å². The first kappa shape index (κ1) is 21.2. The molecular weight excluding hydrogens is 296 g/mol. The Morgan fingerprint density at radius 1 is 1.00 bits per heavy atom. The van der Waals surface area contributed by atoms with Crippen LogP contribution in [-0.2, 0) is 4.74 Å². The van der Waals surface area contributed by atoms with Crippen molar-refractivity contribution in [3.63, 3.8) is 0 Å². The summed E-state index contributed by atoms with van der Waals surface area (Å²) in [5.74, 6) is 7.52. The van der Waals surface area contributed by atoms with Gasteiger partial charge in [-0.3, -0.25) is 0 Å². The first-order valence-electron chi connectivity index (χ1n) is 8.15. The quantitative estimate of drug-likeness (QED) is 0.210. The molecular formula is C18H34OS2. The van der Waals surface area contributed by atoms with E-state index >= 15 is 0 Å². The Morgan fingerprint density at radius 3 is 2.14 bits per heavy atom. The molecule has 0 aliphatic rings. The first-order valence-corrected chi connectivity index (χ1v) is 10.4. The van der Waals surface area contributed by atoms with E-state index < -0.39 is 0 Å². The SMILES string of the molecule is CC(C)C#CCO[C@@H](CCCCC(C)C)SSC(C)(C)C. The van der Waals surface area contributed by atoms with Crippen molar-refractivity contribution in [3.8, 4) is 11.8 Å². The Bertz CT molecular complexity index is 307. The van der Waals surface area contributed by atoms with Gasteiger partial charge in [-0.05, 0) is 18.8 Å². The van der Waals surface area contributed by atoms with Crippen LogP contribution in [0.1, 0.15) is 74.1 Å². The molecule has 3 heteroatoms. The van der Waals surface area contributed by atoms with Gasteiger partial charge in [-0.2, -0.15) is 0 Å². The number of hydrogen-bond acceptors (Lipinski definition) is 3. The summed E-state index contributed by atoms with van der Waals surface area (Å²) in [6.45, 7) is 16.1. The number of rotatable bonds is 9. The van der Waals surface area contributed by atoms with E-state index in [-0.39, 0.29) is 10.2 Å². The molecule has 0 saturated heterocycles. The van der Waals surface area contributed by atoms with Crippen LogP contribution >= 0.6 is 21.6 Å². The van der Waals surface area contributed by atoms with Crippen LogP contribution in [0, 0.1) is 23.7 Å². The minimum Gasteiger partial charge on any atom is -0.354 e. The molecule has 0 spiro atoms. The predicted molar refractivity (Wildman–Crippen MR) is 101 cm³/mol. The molecule has 0 rings (SSSR count). The summed E-state index contributed by atoms with van der Waals surface area (Å²) in [4.78, 5) is 0. The van der Waals surface area contributed by atoms with Gasteiger partial charge in [0.25, 0.3) is 0 Å². The topological polar surface area (TPSA) is 9.23 Å². The highest BCUT2D eigenvalue weighted by Gasteiger charge is 2.17. The van der Waals surface area contributed by atoms with Crippen molar-refractivity contribution in [2.75, 3.05) is 6.61 Å². The van der Waals surface area contributed by atoms with Gasteiger partial charge in [0, 0.05) is 10.7 Å². The van der Waals surface area contributed by atoms with Gasteiger partial charge >= 0.3 is 0 Å². The summed E-state index contributed by atoms with van der Waals surface area (Å²) in [5, 5.41) is 0. The molecule has 0 aliphatic carbocycles. The van der Waals surface area contributed by atoms with Crippen LogP contribution in [0.3, 0.4) is 0 Å². The molecule has 0 saturated carbocycles. The van der Waals surface area contributed by atoms with Crippen LogP contribution in [0.25, 0.3) is 0 Å². The molecule has 0 aromatic heterocycles. The van der Waals surface area contributed by atoms with E-state index in [4.69, 9.17) is 4.74 Å². The Morgan fingerprint density at radius 2 is 1.62 bits per heavy atom. The van der Waals surface area contributed by atoms with Gasteiger partial charge in [0.05, 0.1) is 0 Å². The van der Waals surface area contributed by atoms with Gasteiger partial charge in [0.15, 0.2) is 0 Å². The van der Waals surface area contributed by atoms with Crippen molar-refractivity contribution in [1.29, 1.82) is 0 Å². The summed E-state index contributed by atoms with van der Waals surface area (Å²) in [7, 11) is 3.79. The van der Waals surface area contributed by atoms with E-state index in [9.17, 15) is 0 Å². The molecule has 0 heterocycles. The first-order chi connectivity index (χ1) is 9.70. The van der Waals surface area contributed by atoms with E-state index in [2.05, 4.69) is 60.3 Å². The van der Waals surface area contributed by atoms with Crippen molar-refractivity contribution < 1.29 is 4.74 Å². The second kappa shape index (κ2) is 11.7. The third kappa shape index (κ3) is 16.4. The Kier molecular flexibility index (Phi) is 11.9. The smallest absolute Gasteiger partial charge is 0.114 e. The standard InChI is InChI=1S/C18H34OS2/c1-15(2)11-8-9-13-17(20-21-18(5,6)7)19-14-10-12-16(3)4/h15-17H,8-9,11,13-14H2,1-7H3/t17-/m1/s1. The van der Waals surface area contributed by atoms with Gasteiger partial charge in [0.2, 0.25) is 0 Å². The highest BCUT2D eigenvalue weighted by atomic mass is 33.1. The molecule has 0 radical (unpaired) electrons. The van der Waals surface area contributed by atoms with Crippen molar-refractivity contribution in [3.05, 3.63) is 0 Å². The van der Waals surface area contributed by atoms with E-state index in [1.54, 1.807) is 0 Å². The van der Waals surface area contributed by atoms with Crippen molar-refractivity contribution >= 4 is 21.6 Å². The largest absolute Gasteiger partial charge is 0.354 e. The second-order valence-electron chi connectivity index (χ2n) is 7.19. The average Bonchev–Trinajstić information content (AvgIpc) is 2.33. The third-order valence-corrected chi connectivity index (χ3v) is 6.22. The summed E-state index contributed by atoms with van der Waals surface area (Å²) in [6.07, 6.45) is 4.99. The maximum Gasteiger partial charge on any atom is 0.114 e. The lowest BCUT2D eigenvalue weighted by atomic mass is 10.1. The van der Waals surface area contributed by atoms with Gasteiger partial charge in [-0.1, -0.05) is 94.7 Å². The van der Waals surface area contributed by atoms with Crippen molar-refractivity contribution in [1.82, 2.24) is 0 Å². The predicted octanol–water partition coefficient (Wildman–Crippen LogP) is 6.38. The maximum absolute atomic E-state index is 5.96. The molecule has 0 N–H and O–H groups in total. The molecule has 0 amide bonds. The maximum atomic E-state index is 5.96.